The summed E-state index contributed by atoms with van der Waals surface area (Å²) in [5.74, 6) is 1.20. The fourth-order valence-electron chi connectivity index (χ4n) is 2.58. The van der Waals surface area contributed by atoms with Crippen LogP contribution in [0, 0.1) is 6.92 Å². The molecule has 5 heteroatoms. The summed E-state index contributed by atoms with van der Waals surface area (Å²) < 4.78 is 5.04. The molecule has 5 nitrogen and oxygen atoms in total. The van der Waals surface area contributed by atoms with Crippen molar-refractivity contribution in [3.05, 3.63) is 47.6 Å². The van der Waals surface area contributed by atoms with E-state index in [0.717, 1.165) is 26.1 Å². The smallest absolute Gasteiger partial charge is 0.223 e. The van der Waals surface area contributed by atoms with E-state index in [1.807, 2.05) is 6.07 Å². The molecule has 3 rings (SSSR count). The van der Waals surface area contributed by atoms with Gasteiger partial charge in [0.05, 0.1) is 5.54 Å². The van der Waals surface area contributed by atoms with Gasteiger partial charge in [0.2, 0.25) is 5.89 Å². The molecule has 1 aromatic carbocycles. The highest BCUT2D eigenvalue weighted by Gasteiger charge is 2.39. The van der Waals surface area contributed by atoms with Gasteiger partial charge >= 0.3 is 0 Å². The molecule has 2 N–H and O–H groups in total. The highest BCUT2D eigenvalue weighted by molar-refractivity contribution is 5.16. The van der Waals surface area contributed by atoms with E-state index < -0.39 is 5.54 Å². The predicted octanol–water partition coefficient (Wildman–Crippen LogP) is 1.44. The molecule has 1 aromatic heterocycles. The summed E-state index contributed by atoms with van der Waals surface area (Å²) in [5.41, 5.74) is 7.23. The first kappa shape index (κ1) is 12.3. The summed E-state index contributed by atoms with van der Waals surface area (Å²) in [7, 11) is 0. The summed E-state index contributed by atoms with van der Waals surface area (Å²) in [6.45, 7) is 4.42. The summed E-state index contributed by atoms with van der Waals surface area (Å²) >= 11 is 0. The van der Waals surface area contributed by atoms with Gasteiger partial charge in [0.1, 0.15) is 0 Å². The van der Waals surface area contributed by atoms with E-state index in [0.29, 0.717) is 11.7 Å². The van der Waals surface area contributed by atoms with Gasteiger partial charge in [0.25, 0.3) is 0 Å². The normalized spacial score (nSPS) is 23.9. The zero-order valence-corrected chi connectivity index (χ0v) is 11.0. The van der Waals surface area contributed by atoms with Gasteiger partial charge in [-0.05, 0) is 12.0 Å². The Morgan fingerprint density at radius 3 is 2.84 bits per heavy atom. The Balaban J connectivity index is 1.70. The van der Waals surface area contributed by atoms with E-state index >= 15 is 0 Å². The average Bonchev–Trinajstić information content (AvgIpc) is 2.99. The monoisotopic (exact) mass is 258 g/mol. The first-order valence-corrected chi connectivity index (χ1v) is 6.52. The number of aryl methyl sites for hydroxylation is 1. The molecule has 0 radical (unpaired) electrons. The highest BCUT2D eigenvalue weighted by atomic mass is 16.5. The molecule has 0 amide bonds. The van der Waals surface area contributed by atoms with Crippen molar-refractivity contribution >= 4 is 0 Å². The van der Waals surface area contributed by atoms with Crippen molar-refractivity contribution in [1.82, 2.24) is 15.0 Å². The number of hydrogen-bond acceptors (Lipinski definition) is 5. The Morgan fingerprint density at radius 2 is 2.16 bits per heavy atom. The van der Waals surface area contributed by atoms with Gasteiger partial charge in [0.15, 0.2) is 5.82 Å². The van der Waals surface area contributed by atoms with Gasteiger partial charge in [-0.2, -0.15) is 4.98 Å². The van der Waals surface area contributed by atoms with Gasteiger partial charge in [0, 0.05) is 26.6 Å². The molecule has 2 aromatic rings. The van der Waals surface area contributed by atoms with Crippen molar-refractivity contribution in [2.75, 3.05) is 13.1 Å². The predicted molar refractivity (Wildman–Crippen MR) is 71.2 cm³/mol. The lowest BCUT2D eigenvalue weighted by Crippen LogP contribution is -2.40. The van der Waals surface area contributed by atoms with Crippen LogP contribution in [-0.2, 0) is 12.1 Å². The number of benzene rings is 1. The van der Waals surface area contributed by atoms with Crippen molar-refractivity contribution in [3.63, 3.8) is 0 Å². The van der Waals surface area contributed by atoms with Crippen molar-refractivity contribution in [2.24, 2.45) is 5.73 Å². The number of hydrogen-bond donors (Lipinski definition) is 1. The van der Waals surface area contributed by atoms with E-state index in [1.54, 1.807) is 6.92 Å². The molecular formula is C14H18N4O. The molecule has 1 atom stereocenters. The van der Waals surface area contributed by atoms with E-state index in [-0.39, 0.29) is 0 Å². The second-order valence-electron chi connectivity index (χ2n) is 5.24. The first-order valence-electron chi connectivity index (χ1n) is 6.52. The van der Waals surface area contributed by atoms with E-state index in [1.165, 1.54) is 5.56 Å². The van der Waals surface area contributed by atoms with E-state index in [2.05, 4.69) is 39.3 Å². The lowest BCUT2D eigenvalue weighted by molar-refractivity contribution is 0.294. The molecule has 1 unspecified atom stereocenters. The van der Waals surface area contributed by atoms with Crippen molar-refractivity contribution in [1.29, 1.82) is 0 Å². The van der Waals surface area contributed by atoms with Crippen LogP contribution in [0.2, 0.25) is 0 Å². The van der Waals surface area contributed by atoms with E-state index in [4.69, 9.17) is 10.3 Å². The molecular weight excluding hydrogens is 240 g/mol. The van der Waals surface area contributed by atoms with Crippen LogP contribution >= 0.6 is 0 Å². The third-order valence-corrected chi connectivity index (χ3v) is 3.60. The van der Waals surface area contributed by atoms with Gasteiger partial charge in [-0.25, -0.2) is 0 Å². The fraction of sp³-hybridized carbons (Fsp3) is 0.429. The molecule has 1 aliphatic rings. The number of nitrogens with zero attached hydrogens (tertiary/aromatic N) is 3. The average molecular weight is 258 g/mol. The van der Waals surface area contributed by atoms with Crippen molar-refractivity contribution in [2.45, 2.75) is 25.4 Å². The lowest BCUT2D eigenvalue weighted by Gasteiger charge is -2.21. The summed E-state index contributed by atoms with van der Waals surface area (Å²) in [5, 5.41) is 3.97. The Labute approximate surface area is 112 Å². The Hall–Kier alpha value is -1.72. The van der Waals surface area contributed by atoms with Crippen LogP contribution in [0.3, 0.4) is 0 Å². The van der Waals surface area contributed by atoms with Gasteiger partial charge in [-0.15, -0.1) is 0 Å². The largest absolute Gasteiger partial charge is 0.340 e. The fourth-order valence-corrected chi connectivity index (χ4v) is 2.58. The summed E-state index contributed by atoms with van der Waals surface area (Å²) in [4.78, 5) is 6.61. The summed E-state index contributed by atoms with van der Waals surface area (Å²) in [6.07, 6.45) is 0.860. The molecule has 100 valence electrons. The van der Waals surface area contributed by atoms with Gasteiger partial charge in [-0.3, -0.25) is 4.90 Å². The van der Waals surface area contributed by atoms with Crippen molar-refractivity contribution in [3.8, 4) is 0 Å². The Morgan fingerprint density at radius 1 is 1.37 bits per heavy atom. The zero-order valence-electron chi connectivity index (χ0n) is 11.0. The molecule has 0 aliphatic carbocycles. The minimum Gasteiger partial charge on any atom is -0.340 e. The molecule has 19 heavy (non-hydrogen) atoms. The number of likely N-dealkylation sites (tertiary alicyclic amines) is 1. The Kier molecular flexibility index (Phi) is 3.08. The molecule has 2 heterocycles. The maximum Gasteiger partial charge on any atom is 0.223 e. The minimum atomic E-state index is -0.480. The van der Waals surface area contributed by atoms with Crippen molar-refractivity contribution < 1.29 is 4.52 Å². The third-order valence-electron chi connectivity index (χ3n) is 3.60. The minimum absolute atomic E-state index is 0.480. The molecule has 1 aliphatic heterocycles. The van der Waals surface area contributed by atoms with Crippen LogP contribution in [0.15, 0.2) is 34.9 Å². The van der Waals surface area contributed by atoms with E-state index in [9.17, 15) is 0 Å². The third kappa shape index (κ3) is 2.52. The topological polar surface area (TPSA) is 68.2 Å². The van der Waals surface area contributed by atoms with Gasteiger partial charge < -0.3 is 10.3 Å². The second kappa shape index (κ2) is 4.75. The first-order chi connectivity index (χ1) is 9.16. The summed E-state index contributed by atoms with van der Waals surface area (Å²) in [6, 6.07) is 10.4. The van der Waals surface area contributed by atoms with Crippen LogP contribution in [0.25, 0.3) is 0 Å². The van der Waals surface area contributed by atoms with Crippen LogP contribution in [0.1, 0.15) is 23.7 Å². The molecule has 0 spiro atoms. The van der Waals surface area contributed by atoms with Crippen LogP contribution < -0.4 is 5.73 Å². The van der Waals surface area contributed by atoms with Crippen LogP contribution in [0.5, 0.6) is 0 Å². The number of aromatic nitrogens is 2. The maximum absolute atomic E-state index is 6.41. The Bertz CT molecular complexity index is 554. The molecule has 1 fully saturated rings. The maximum atomic E-state index is 6.41. The molecule has 1 saturated heterocycles. The molecule has 0 bridgehead atoms. The van der Waals surface area contributed by atoms with Crippen LogP contribution in [-0.4, -0.2) is 28.1 Å². The lowest BCUT2D eigenvalue weighted by atomic mass is 9.99. The quantitative estimate of drug-likeness (QED) is 0.902. The SMILES string of the molecule is Cc1nc(C2(N)CCN(Cc3ccccc3)C2)no1. The van der Waals surface area contributed by atoms with Gasteiger partial charge in [-0.1, -0.05) is 35.5 Å². The highest BCUT2D eigenvalue weighted by Crippen LogP contribution is 2.28. The molecule has 0 saturated carbocycles. The van der Waals surface area contributed by atoms with Crippen LogP contribution in [0.4, 0.5) is 0 Å². The standard InChI is InChI=1S/C14H18N4O/c1-11-16-13(17-19-11)14(15)7-8-18(10-14)9-12-5-3-2-4-6-12/h2-6H,7-10,15H2,1H3. The number of rotatable bonds is 3. The zero-order chi connectivity index (χ0) is 13.3. The second-order valence-corrected chi connectivity index (χ2v) is 5.24. The number of nitrogens with two attached hydrogens (primary N) is 1.